The van der Waals surface area contributed by atoms with Crippen molar-refractivity contribution >= 4 is 39.9 Å². The van der Waals surface area contributed by atoms with E-state index in [2.05, 4.69) is 5.32 Å². The molecule has 2 heterocycles. The highest BCUT2D eigenvalue weighted by Crippen LogP contribution is 2.27. The Bertz CT molecular complexity index is 800. The second-order valence-electron chi connectivity index (χ2n) is 6.92. The molecule has 1 aromatic carbocycles. The number of hydrogen-bond donors (Lipinski definition) is 2. The molecular formula is C18H27ClN4O4S. The first-order valence-corrected chi connectivity index (χ1v) is 10.8. The van der Waals surface area contributed by atoms with Crippen LogP contribution in [-0.2, 0) is 19.6 Å². The number of sulfonamides is 1. The summed E-state index contributed by atoms with van der Waals surface area (Å²) in [6.45, 7) is 1.97. The predicted octanol–water partition coefficient (Wildman–Crippen LogP) is 0.711. The van der Waals surface area contributed by atoms with E-state index in [1.807, 2.05) is 0 Å². The lowest BCUT2D eigenvalue weighted by molar-refractivity contribution is -0.126. The molecule has 1 aromatic rings. The molecule has 8 nitrogen and oxygen atoms in total. The third-order valence-corrected chi connectivity index (χ3v) is 6.94. The van der Waals surface area contributed by atoms with Crippen LogP contribution in [0, 0.1) is 5.92 Å². The minimum atomic E-state index is -3.68. The summed E-state index contributed by atoms with van der Waals surface area (Å²) in [5.74, 6) is -0.446. The van der Waals surface area contributed by atoms with Gasteiger partial charge in [-0.05, 0) is 43.5 Å². The average Bonchev–Trinajstić information content (AvgIpc) is 3.12. The van der Waals surface area contributed by atoms with Crippen molar-refractivity contribution in [3.63, 3.8) is 0 Å². The Morgan fingerprint density at radius 2 is 1.89 bits per heavy atom. The maximum absolute atomic E-state index is 13.0. The van der Waals surface area contributed by atoms with E-state index in [1.165, 1.54) is 16.4 Å². The van der Waals surface area contributed by atoms with Crippen molar-refractivity contribution in [1.82, 2.24) is 9.62 Å². The molecule has 0 spiro atoms. The smallest absolute Gasteiger partial charge is 0.243 e. The molecule has 156 valence electrons. The number of halogens is 1. The summed E-state index contributed by atoms with van der Waals surface area (Å²) in [6.07, 6.45) is 2.65. The fraction of sp³-hybridized carbons (Fsp3) is 0.556. The van der Waals surface area contributed by atoms with Gasteiger partial charge in [0.15, 0.2) is 0 Å². The number of carbonyl (C=O) groups is 2. The summed E-state index contributed by atoms with van der Waals surface area (Å²) < 4.78 is 27.3. The van der Waals surface area contributed by atoms with E-state index < -0.39 is 10.0 Å². The molecule has 1 unspecified atom stereocenters. The molecule has 0 aromatic heterocycles. The van der Waals surface area contributed by atoms with Crippen LogP contribution in [-0.4, -0.2) is 57.3 Å². The highest BCUT2D eigenvalue weighted by molar-refractivity contribution is 7.89. The van der Waals surface area contributed by atoms with Crippen LogP contribution in [0.1, 0.15) is 25.7 Å². The Hall–Kier alpha value is -1.68. The molecule has 28 heavy (non-hydrogen) atoms. The van der Waals surface area contributed by atoms with Gasteiger partial charge in [-0.15, -0.1) is 12.4 Å². The third kappa shape index (κ3) is 4.83. The molecule has 2 aliphatic rings. The minimum Gasteiger partial charge on any atom is -0.355 e. The van der Waals surface area contributed by atoms with Crippen molar-refractivity contribution in [3.8, 4) is 0 Å². The van der Waals surface area contributed by atoms with Gasteiger partial charge in [0.25, 0.3) is 0 Å². The zero-order valence-electron chi connectivity index (χ0n) is 15.7. The second-order valence-corrected chi connectivity index (χ2v) is 8.86. The first-order chi connectivity index (χ1) is 12.9. The van der Waals surface area contributed by atoms with E-state index in [1.54, 1.807) is 17.0 Å². The number of nitrogens with one attached hydrogen (secondary N) is 1. The highest BCUT2D eigenvalue weighted by atomic mass is 35.5. The predicted molar refractivity (Wildman–Crippen MR) is 109 cm³/mol. The van der Waals surface area contributed by atoms with Crippen molar-refractivity contribution in [2.75, 3.05) is 37.6 Å². The van der Waals surface area contributed by atoms with Crippen LogP contribution in [0.25, 0.3) is 0 Å². The second kappa shape index (κ2) is 9.69. The number of rotatable bonds is 6. The summed E-state index contributed by atoms with van der Waals surface area (Å²) >= 11 is 0. The molecule has 2 saturated heterocycles. The molecule has 10 heteroatoms. The Kier molecular flexibility index (Phi) is 7.82. The van der Waals surface area contributed by atoms with E-state index in [-0.39, 0.29) is 41.6 Å². The first-order valence-electron chi connectivity index (χ1n) is 9.32. The number of amides is 2. The van der Waals surface area contributed by atoms with Gasteiger partial charge in [0.2, 0.25) is 21.8 Å². The summed E-state index contributed by atoms with van der Waals surface area (Å²) in [7, 11) is -3.68. The normalized spacial score (nSPS) is 20.7. The van der Waals surface area contributed by atoms with Crippen molar-refractivity contribution in [3.05, 3.63) is 24.3 Å². The Balaban J connectivity index is 0.00000280. The topological polar surface area (TPSA) is 113 Å². The number of piperidine rings is 1. The third-order valence-electron chi connectivity index (χ3n) is 5.06. The Labute approximate surface area is 171 Å². The minimum absolute atomic E-state index is 0. The molecule has 2 amide bonds. The molecular weight excluding hydrogens is 404 g/mol. The Morgan fingerprint density at radius 3 is 2.50 bits per heavy atom. The summed E-state index contributed by atoms with van der Waals surface area (Å²) in [5, 5.41) is 2.73. The number of nitrogens with zero attached hydrogens (tertiary/aromatic N) is 2. The maximum atomic E-state index is 13.0. The van der Waals surface area contributed by atoms with Gasteiger partial charge in [0, 0.05) is 44.8 Å². The quantitative estimate of drug-likeness (QED) is 0.690. The van der Waals surface area contributed by atoms with Crippen LogP contribution >= 0.6 is 12.4 Å². The van der Waals surface area contributed by atoms with E-state index in [0.717, 1.165) is 6.42 Å². The Morgan fingerprint density at radius 1 is 1.18 bits per heavy atom. The maximum Gasteiger partial charge on any atom is 0.243 e. The van der Waals surface area contributed by atoms with Gasteiger partial charge < -0.3 is 16.0 Å². The zero-order valence-corrected chi connectivity index (χ0v) is 17.3. The van der Waals surface area contributed by atoms with Crippen molar-refractivity contribution < 1.29 is 18.0 Å². The van der Waals surface area contributed by atoms with Crippen molar-refractivity contribution in [2.24, 2.45) is 11.7 Å². The van der Waals surface area contributed by atoms with Crippen LogP contribution in [0.5, 0.6) is 0 Å². The molecule has 0 radical (unpaired) electrons. The summed E-state index contributed by atoms with van der Waals surface area (Å²) in [4.78, 5) is 25.9. The van der Waals surface area contributed by atoms with Gasteiger partial charge in [0.05, 0.1) is 10.8 Å². The summed E-state index contributed by atoms with van der Waals surface area (Å²) in [6, 6.07) is 6.42. The highest BCUT2D eigenvalue weighted by Gasteiger charge is 2.33. The van der Waals surface area contributed by atoms with Gasteiger partial charge in [-0.25, -0.2) is 8.42 Å². The molecule has 0 bridgehead atoms. The summed E-state index contributed by atoms with van der Waals surface area (Å²) in [5.41, 5.74) is 6.12. The monoisotopic (exact) mass is 430 g/mol. The van der Waals surface area contributed by atoms with Crippen molar-refractivity contribution in [1.29, 1.82) is 0 Å². The van der Waals surface area contributed by atoms with Crippen LogP contribution in [0.3, 0.4) is 0 Å². The van der Waals surface area contributed by atoms with E-state index in [4.69, 9.17) is 5.73 Å². The number of nitrogens with two attached hydrogens (primary N) is 1. The largest absolute Gasteiger partial charge is 0.355 e. The van der Waals surface area contributed by atoms with Crippen LogP contribution in [0.2, 0.25) is 0 Å². The number of carbonyl (C=O) groups excluding carboxylic acids is 2. The lowest BCUT2D eigenvalue weighted by Crippen LogP contribution is -2.46. The van der Waals surface area contributed by atoms with Gasteiger partial charge in [-0.3, -0.25) is 9.59 Å². The molecule has 3 rings (SSSR count). The van der Waals surface area contributed by atoms with Crippen LogP contribution < -0.4 is 16.0 Å². The van der Waals surface area contributed by atoms with Gasteiger partial charge >= 0.3 is 0 Å². The average molecular weight is 431 g/mol. The molecule has 1 atom stereocenters. The molecule has 2 aliphatic heterocycles. The fourth-order valence-electron chi connectivity index (χ4n) is 3.58. The lowest BCUT2D eigenvalue weighted by Gasteiger charge is -2.31. The molecule has 0 saturated carbocycles. The van der Waals surface area contributed by atoms with Crippen LogP contribution in [0.15, 0.2) is 29.2 Å². The SMILES string of the molecule is Cl.NCCNC(=O)C1CCCN(S(=O)(=O)c2ccc(N3CCCC3=O)cc2)C1. The molecule has 2 fully saturated rings. The van der Waals surface area contributed by atoms with Gasteiger partial charge in [0.1, 0.15) is 0 Å². The van der Waals surface area contributed by atoms with Gasteiger partial charge in [-0.1, -0.05) is 0 Å². The molecule has 0 aliphatic carbocycles. The first kappa shape index (κ1) is 22.6. The number of anilines is 1. The number of hydrogen-bond acceptors (Lipinski definition) is 5. The van der Waals surface area contributed by atoms with E-state index in [9.17, 15) is 18.0 Å². The van der Waals surface area contributed by atoms with Crippen LogP contribution in [0.4, 0.5) is 5.69 Å². The standard InChI is InChI=1S/C18H26N4O4S.ClH/c19-9-10-20-18(24)14-3-1-11-21(13-14)27(25,26)16-7-5-15(6-8-16)22-12-2-4-17(22)23;/h5-8,14H,1-4,9-13,19H2,(H,20,24);1H. The number of benzene rings is 1. The fourth-order valence-corrected chi connectivity index (χ4v) is 5.11. The molecule has 3 N–H and O–H groups in total. The van der Waals surface area contributed by atoms with E-state index >= 15 is 0 Å². The van der Waals surface area contributed by atoms with E-state index in [0.29, 0.717) is 51.1 Å². The lowest BCUT2D eigenvalue weighted by atomic mass is 9.99. The van der Waals surface area contributed by atoms with Gasteiger partial charge in [-0.2, -0.15) is 4.31 Å². The zero-order chi connectivity index (χ0) is 19.4. The van der Waals surface area contributed by atoms with Crippen molar-refractivity contribution in [2.45, 2.75) is 30.6 Å².